The molecule has 2 fully saturated rings. The van der Waals surface area contributed by atoms with E-state index in [0.29, 0.717) is 11.8 Å². The highest BCUT2D eigenvalue weighted by atomic mass is 16.5. The van der Waals surface area contributed by atoms with Crippen molar-refractivity contribution in [2.75, 3.05) is 20.2 Å². The van der Waals surface area contributed by atoms with Crippen LogP contribution in [0.2, 0.25) is 0 Å². The van der Waals surface area contributed by atoms with E-state index in [1.165, 1.54) is 7.11 Å². The van der Waals surface area contributed by atoms with E-state index in [4.69, 9.17) is 4.74 Å². The van der Waals surface area contributed by atoms with Gasteiger partial charge in [-0.05, 0) is 31.8 Å². The predicted octanol–water partition coefficient (Wildman–Crippen LogP) is 0.0149. The molecule has 1 heterocycles. The van der Waals surface area contributed by atoms with Gasteiger partial charge in [0.15, 0.2) is 0 Å². The van der Waals surface area contributed by atoms with Crippen LogP contribution in [0, 0.1) is 17.3 Å². The minimum Gasteiger partial charge on any atom is -0.469 e. The van der Waals surface area contributed by atoms with Crippen LogP contribution in [0.25, 0.3) is 0 Å². The largest absolute Gasteiger partial charge is 0.469 e. The molecule has 0 bridgehead atoms. The Morgan fingerprint density at radius 3 is 2.55 bits per heavy atom. The predicted molar refractivity (Wildman–Crippen MR) is 40.0 cm³/mol. The zero-order valence-corrected chi connectivity index (χ0v) is 6.89. The zero-order valence-electron chi connectivity index (χ0n) is 6.89. The van der Waals surface area contributed by atoms with Gasteiger partial charge in [0, 0.05) is 0 Å². The summed E-state index contributed by atoms with van der Waals surface area (Å²) in [5, 5.41) is 3.25. The van der Waals surface area contributed by atoms with Crippen molar-refractivity contribution in [2.24, 2.45) is 17.3 Å². The van der Waals surface area contributed by atoms with Gasteiger partial charge in [-0.15, -0.1) is 0 Å². The lowest BCUT2D eigenvalue weighted by atomic mass is 10.0. The highest BCUT2D eigenvalue weighted by Gasteiger charge is 2.68. The fraction of sp³-hybridized carbons (Fsp3) is 0.875. The summed E-state index contributed by atoms with van der Waals surface area (Å²) in [5.41, 5.74) is -0.153. The van der Waals surface area contributed by atoms with Gasteiger partial charge in [-0.2, -0.15) is 0 Å². The second-order valence-corrected chi connectivity index (χ2v) is 3.65. The quantitative estimate of drug-likeness (QED) is 0.542. The molecule has 62 valence electrons. The minimum atomic E-state index is -0.153. The Labute approximate surface area is 66.1 Å². The van der Waals surface area contributed by atoms with Crippen LogP contribution in [0.1, 0.15) is 6.92 Å². The van der Waals surface area contributed by atoms with E-state index in [1.54, 1.807) is 0 Å². The van der Waals surface area contributed by atoms with Crippen molar-refractivity contribution >= 4 is 5.97 Å². The van der Waals surface area contributed by atoms with Gasteiger partial charge >= 0.3 is 5.97 Å². The van der Waals surface area contributed by atoms with Crippen LogP contribution in [-0.4, -0.2) is 26.2 Å². The van der Waals surface area contributed by atoms with Gasteiger partial charge in [-0.1, -0.05) is 0 Å². The first-order valence-electron chi connectivity index (χ1n) is 4.00. The van der Waals surface area contributed by atoms with E-state index >= 15 is 0 Å². The first-order valence-corrected chi connectivity index (χ1v) is 4.00. The topological polar surface area (TPSA) is 38.3 Å². The van der Waals surface area contributed by atoms with Gasteiger partial charge in [0.25, 0.3) is 0 Å². The highest BCUT2D eigenvalue weighted by Crippen LogP contribution is 2.60. The van der Waals surface area contributed by atoms with Crippen LogP contribution in [0.5, 0.6) is 0 Å². The highest BCUT2D eigenvalue weighted by molar-refractivity contribution is 5.81. The number of carbonyl (C=O) groups excluding carboxylic acids is 1. The van der Waals surface area contributed by atoms with E-state index < -0.39 is 0 Å². The van der Waals surface area contributed by atoms with E-state index in [9.17, 15) is 4.79 Å². The van der Waals surface area contributed by atoms with E-state index in [0.717, 1.165) is 13.1 Å². The van der Waals surface area contributed by atoms with Crippen molar-refractivity contribution in [1.82, 2.24) is 5.32 Å². The summed E-state index contributed by atoms with van der Waals surface area (Å²) in [4.78, 5) is 11.3. The lowest BCUT2D eigenvalue weighted by Gasteiger charge is -2.11. The Morgan fingerprint density at radius 1 is 1.55 bits per heavy atom. The molecule has 2 unspecified atom stereocenters. The third kappa shape index (κ3) is 0.692. The van der Waals surface area contributed by atoms with Crippen LogP contribution in [0.15, 0.2) is 0 Å². The monoisotopic (exact) mass is 155 g/mol. The molecule has 0 amide bonds. The fourth-order valence-corrected chi connectivity index (χ4v) is 2.32. The number of hydrogen-bond acceptors (Lipinski definition) is 3. The molecule has 0 aromatic rings. The SMILES string of the molecule is COC(=O)C1(C)C2CNCC21. The maximum absolute atomic E-state index is 11.3. The Balaban J connectivity index is 2.10. The molecule has 1 saturated heterocycles. The van der Waals surface area contributed by atoms with Crippen LogP contribution >= 0.6 is 0 Å². The van der Waals surface area contributed by atoms with E-state index in [2.05, 4.69) is 5.32 Å². The molecule has 2 atom stereocenters. The summed E-state index contributed by atoms with van der Waals surface area (Å²) < 4.78 is 4.75. The third-order valence-corrected chi connectivity index (χ3v) is 3.27. The van der Waals surface area contributed by atoms with E-state index in [1.807, 2.05) is 6.92 Å². The Kier molecular flexibility index (Phi) is 1.27. The Bertz CT molecular complexity index is 192. The minimum absolute atomic E-state index is 0.0333. The average molecular weight is 155 g/mol. The molecular weight excluding hydrogens is 142 g/mol. The number of nitrogens with one attached hydrogen (secondary N) is 1. The molecule has 1 aliphatic carbocycles. The maximum Gasteiger partial charge on any atom is 0.312 e. The van der Waals surface area contributed by atoms with Gasteiger partial charge < -0.3 is 10.1 Å². The van der Waals surface area contributed by atoms with Crippen molar-refractivity contribution < 1.29 is 9.53 Å². The summed E-state index contributed by atoms with van der Waals surface area (Å²) >= 11 is 0. The maximum atomic E-state index is 11.3. The van der Waals surface area contributed by atoms with Crippen LogP contribution in [0.3, 0.4) is 0 Å². The molecular formula is C8H13NO2. The molecule has 0 aromatic heterocycles. The summed E-state index contributed by atoms with van der Waals surface area (Å²) in [5.74, 6) is 1.04. The van der Waals surface area contributed by atoms with Crippen molar-refractivity contribution in [3.05, 3.63) is 0 Å². The van der Waals surface area contributed by atoms with Gasteiger partial charge in [0.1, 0.15) is 0 Å². The van der Waals surface area contributed by atoms with Gasteiger partial charge in [-0.25, -0.2) is 0 Å². The standard InChI is InChI=1S/C8H13NO2/c1-8(7(10)11-2)5-3-9-4-6(5)8/h5-6,9H,3-4H2,1-2H3. The number of fused-ring (bicyclic) bond motifs is 1. The van der Waals surface area contributed by atoms with Crippen molar-refractivity contribution in [1.29, 1.82) is 0 Å². The van der Waals surface area contributed by atoms with Crippen molar-refractivity contribution in [2.45, 2.75) is 6.92 Å². The fourth-order valence-electron chi connectivity index (χ4n) is 2.32. The third-order valence-electron chi connectivity index (χ3n) is 3.27. The molecule has 0 aromatic carbocycles. The first kappa shape index (κ1) is 7.10. The normalized spacial score (nSPS) is 46.7. The number of hydrogen-bond donors (Lipinski definition) is 1. The molecule has 1 aliphatic heterocycles. The van der Waals surface area contributed by atoms with Crippen molar-refractivity contribution in [3.63, 3.8) is 0 Å². The smallest absolute Gasteiger partial charge is 0.312 e. The number of ether oxygens (including phenoxy) is 1. The second-order valence-electron chi connectivity index (χ2n) is 3.65. The first-order chi connectivity index (χ1) is 5.21. The number of esters is 1. The zero-order chi connectivity index (χ0) is 8.06. The lowest BCUT2D eigenvalue weighted by molar-refractivity contribution is -0.147. The average Bonchev–Trinajstić information content (AvgIpc) is 2.51. The molecule has 3 nitrogen and oxygen atoms in total. The lowest BCUT2D eigenvalue weighted by Crippen LogP contribution is -2.27. The molecule has 11 heavy (non-hydrogen) atoms. The molecule has 0 radical (unpaired) electrons. The summed E-state index contributed by atoms with van der Waals surface area (Å²) in [6, 6.07) is 0. The summed E-state index contributed by atoms with van der Waals surface area (Å²) in [6.07, 6.45) is 0. The molecule has 1 N–H and O–H groups in total. The van der Waals surface area contributed by atoms with Gasteiger partial charge in [0.05, 0.1) is 12.5 Å². The van der Waals surface area contributed by atoms with Crippen LogP contribution in [-0.2, 0) is 9.53 Å². The van der Waals surface area contributed by atoms with Crippen LogP contribution in [0.4, 0.5) is 0 Å². The second kappa shape index (κ2) is 1.97. The molecule has 2 aliphatic rings. The van der Waals surface area contributed by atoms with Gasteiger partial charge in [-0.3, -0.25) is 4.79 Å². The summed E-state index contributed by atoms with van der Waals surface area (Å²) in [6.45, 7) is 3.97. The van der Waals surface area contributed by atoms with Crippen LogP contribution < -0.4 is 5.32 Å². The molecule has 3 heteroatoms. The number of rotatable bonds is 1. The number of piperidine rings is 1. The number of methoxy groups -OCH3 is 1. The molecule has 1 saturated carbocycles. The van der Waals surface area contributed by atoms with E-state index in [-0.39, 0.29) is 11.4 Å². The Hall–Kier alpha value is -0.570. The Morgan fingerprint density at radius 2 is 2.09 bits per heavy atom. The summed E-state index contributed by atoms with van der Waals surface area (Å²) in [7, 11) is 1.47. The molecule has 0 spiro atoms. The van der Waals surface area contributed by atoms with Crippen molar-refractivity contribution in [3.8, 4) is 0 Å². The number of carbonyl (C=O) groups is 1. The molecule has 2 rings (SSSR count). The van der Waals surface area contributed by atoms with Gasteiger partial charge in [0.2, 0.25) is 0 Å².